The van der Waals surface area contributed by atoms with Gasteiger partial charge in [-0.1, -0.05) is 6.92 Å². The number of nitrogens with one attached hydrogen (secondary N) is 1. The number of aromatic carboxylic acids is 1. The zero-order valence-corrected chi connectivity index (χ0v) is 12.0. The van der Waals surface area contributed by atoms with Crippen LogP contribution in [0, 0.1) is 0 Å². The van der Waals surface area contributed by atoms with E-state index in [1.807, 2.05) is 6.92 Å². The van der Waals surface area contributed by atoms with Gasteiger partial charge in [0.1, 0.15) is 0 Å². The number of furan rings is 1. The fourth-order valence-electron chi connectivity index (χ4n) is 2.40. The molecule has 0 bridgehead atoms. The van der Waals surface area contributed by atoms with Crippen molar-refractivity contribution in [3.63, 3.8) is 0 Å². The van der Waals surface area contributed by atoms with E-state index in [1.54, 1.807) is 0 Å². The Morgan fingerprint density at radius 1 is 1.55 bits per heavy atom. The van der Waals surface area contributed by atoms with Crippen LogP contribution in [0.5, 0.6) is 0 Å². The number of likely N-dealkylation sites (N-methyl/N-ethyl adjacent to an activating group) is 1. The molecule has 7 nitrogen and oxygen atoms in total. The molecule has 0 spiro atoms. The lowest BCUT2D eigenvalue weighted by Crippen LogP contribution is -2.39. The van der Waals surface area contributed by atoms with Gasteiger partial charge < -0.3 is 9.52 Å². The maximum atomic E-state index is 12.0. The smallest absolute Gasteiger partial charge is 0.371 e. The van der Waals surface area contributed by atoms with Gasteiger partial charge in [0.25, 0.3) is 10.0 Å². The molecule has 1 saturated heterocycles. The van der Waals surface area contributed by atoms with Crippen LogP contribution in [0.3, 0.4) is 0 Å². The number of likely N-dealkylation sites (tertiary alicyclic amines) is 1. The summed E-state index contributed by atoms with van der Waals surface area (Å²) in [5, 5.41) is 8.35. The van der Waals surface area contributed by atoms with Gasteiger partial charge in [-0.25, -0.2) is 17.9 Å². The highest BCUT2D eigenvalue weighted by Crippen LogP contribution is 2.18. The Kier molecular flexibility index (Phi) is 4.46. The fraction of sp³-hybridized carbons (Fsp3) is 0.583. The van der Waals surface area contributed by atoms with E-state index in [2.05, 4.69) is 9.62 Å². The van der Waals surface area contributed by atoms with Crippen molar-refractivity contribution in [2.45, 2.75) is 30.9 Å². The number of carboxylic acids is 1. The van der Waals surface area contributed by atoms with Gasteiger partial charge >= 0.3 is 5.97 Å². The first kappa shape index (κ1) is 15.0. The molecule has 0 aromatic carbocycles. The Morgan fingerprint density at radius 2 is 2.30 bits per heavy atom. The molecule has 0 radical (unpaired) electrons. The van der Waals surface area contributed by atoms with Crippen LogP contribution < -0.4 is 4.72 Å². The standard InChI is InChI=1S/C12H18N2O5S/c1-2-14-7-3-4-9(14)8-13-20(17,18)11-6-5-10(19-11)12(15)16/h5-6,9,13H,2-4,7-8H2,1H3,(H,15,16). The highest BCUT2D eigenvalue weighted by atomic mass is 32.2. The summed E-state index contributed by atoms with van der Waals surface area (Å²) < 4.78 is 31.3. The van der Waals surface area contributed by atoms with Crippen molar-refractivity contribution in [3.8, 4) is 0 Å². The van der Waals surface area contributed by atoms with Gasteiger partial charge in [0.05, 0.1) is 0 Å². The third kappa shape index (κ3) is 3.20. The van der Waals surface area contributed by atoms with Gasteiger partial charge in [-0.15, -0.1) is 0 Å². The summed E-state index contributed by atoms with van der Waals surface area (Å²) in [7, 11) is -3.80. The number of hydrogen-bond donors (Lipinski definition) is 2. The minimum absolute atomic E-state index is 0.184. The zero-order valence-electron chi connectivity index (χ0n) is 11.2. The Balaban J connectivity index is 2.01. The van der Waals surface area contributed by atoms with Gasteiger partial charge in [-0.05, 0) is 38.1 Å². The lowest BCUT2D eigenvalue weighted by atomic mass is 10.2. The van der Waals surface area contributed by atoms with Gasteiger partial charge in [-0.2, -0.15) is 0 Å². The lowest BCUT2D eigenvalue weighted by molar-refractivity contribution is 0.0656. The molecule has 1 aliphatic rings. The van der Waals surface area contributed by atoms with Gasteiger partial charge in [0, 0.05) is 12.6 Å². The van der Waals surface area contributed by atoms with Crippen molar-refractivity contribution in [2.75, 3.05) is 19.6 Å². The number of carbonyl (C=O) groups is 1. The predicted octanol–water partition coefficient (Wildman–Crippen LogP) is 0.740. The monoisotopic (exact) mass is 302 g/mol. The second kappa shape index (κ2) is 5.94. The highest BCUT2D eigenvalue weighted by molar-refractivity contribution is 7.89. The molecule has 1 fully saturated rings. The molecule has 2 N–H and O–H groups in total. The van der Waals surface area contributed by atoms with E-state index in [-0.39, 0.29) is 16.9 Å². The molecule has 2 heterocycles. The lowest BCUT2D eigenvalue weighted by Gasteiger charge is -2.22. The molecule has 1 aliphatic heterocycles. The van der Waals surface area contributed by atoms with Crippen LogP contribution in [0.1, 0.15) is 30.3 Å². The maximum Gasteiger partial charge on any atom is 0.371 e. The van der Waals surface area contributed by atoms with Crippen LogP contribution >= 0.6 is 0 Å². The van der Waals surface area contributed by atoms with Crippen molar-refractivity contribution in [1.29, 1.82) is 0 Å². The molecule has 1 atom stereocenters. The maximum absolute atomic E-state index is 12.0. The van der Waals surface area contributed by atoms with E-state index in [0.29, 0.717) is 6.54 Å². The van der Waals surface area contributed by atoms with Crippen LogP contribution in [-0.2, 0) is 10.0 Å². The quantitative estimate of drug-likeness (QED) is 0.804. The zero-order chi connectivity index (χ0) is 14.8. The van der Waals surface area contributed by atoms with Crippen LogP contribution in [0.25, 0.3) is 0 Å². The predicted molar refractivity (Wildman–Crippen MR) is 71.1 cm³/mol. The Labute approximate surface area is 117 Å². The Morgan fingerprint density at radius 3 is 2.90 bits per heavy atom. The summed E-state index contributed by atoms with van der Waals surface area (Å²) in [4.78, 5) is 12.9. The topological polar surface area (TPSA) is 99.9 Å². The average molecular weight is 302 g/mol. The molecule has 8 heteroatoms. The SMILES string of the molecule is CCN1CCCC1CNS(=O)(=O)c1ccc(C(=O)O)o1. The molecule has 1 unspecified atom stereocenters. The molecule has 2 rings (SSSR count). The van der Waals surface area contributed by atoms with Crippen LogP contribution in [0.4, 0.5) is 0 Å². The molecule has 1 aromatic rings. The van der Waals surface area contributed by atoms with Crippen molar-refractivity contribution in [3.05, 3.63) is 17.9 Å². The summed E-state index contributed by atoms with van der Waals surface area (Å²) >= 11 is 0. The number of sulfonamides is 1. The molecular formula is C12H18N2O5S. The second-order valence-corrected chi connectivity index (χ2v) is 6.40. The molecule has 112 valence electrons. The third-order valence-electron chi connectivity index (χ3n) is 3.47. The van der Waals surface area contributed by atoms with Crippen molar-refractivity contribution in [2.24, 2.45) is 0 Å². The van der Waals surface area contributed by atoms with E-state index in [4.69, 9.17) is 9.52 Å². The summed E-state index contributed by atoms with van der Waals surface area (Å²) in [6.45, 7) is 4.21. The Bertz CT molecular complexity index is 580. The Hall–Kier alpha value is -1.38. The van der Waals surface area contributed by atoms with Gasteiger partial charge in [0.2, 0.25) is 10.9 Å². The molecule has 20 heavy (non-hydrogen) atoms. The number of nitrogens with zero attached hydrogens (tertiary/aromatic N) is 1. The van der Waals surface area contributed by atoms with Crippen LogP contribution in [0.2, 0.25) is 0 Å². The first-order chi connectivity index (χ1) is 9.44. The highest BCUT2D eigenvalue weighted by Gasteiger charge is 2.26. The minimum Gasteiger partial charge on any atom is -0.475 e. The summed E-state index contributed by atoms with van der Waals surface area (Å²) in [6, 6.07) is 2.46. The number of carboxylic acid groups (broad SMARTS) is 1. The number of rotatable bonds is 6. The fourth-order valence-corrected chi connectivity index (χ4v) is 3.40. The molecule has 0 amide bonds. The van der Waals surface area contributed by atoms with Crippen LogP contribution in [0.15, 0.2) is 21.6 Å². The number of hydrogen-bond acceptors (Lipinski definition) is 5. The molecule has 0 saturated carbocycles. The third-order valence-corrected chi connectivity index (χ3v) is 4.77. The van der Waals surface area contributed by atoms with E-state index in [0.717, 1.165) is 38.1 Å². The van der Waals surface area contributed by atoms with E-state index < -0.39 is 16.0 Å². The normalized spacial score (nSPS) is 20.4. The molecule has 1 aromatic heterocycles. The second-order valence-electron chi connectivity index (χ2n) is 4.70. The molecule has 0 aliphatic carbocycles. The molecular weight excluding hydrogens is 284 g/mol. The van der Waals surface area contributed by atoms with E-state index in [1.165, 1.54) is 0 Å². The van der Waals surface area contributed by atoms with Crippen molar-refractivity contribution < 1.29 is 22.7 Å². The van der Waals surface area contributed by atoms with E-state index >= 15 is 0 Å². The summed E-state index contributed by atoms with van der Waals surface area (Å²) in [5.74, 6) is -1.68. The summed E-state index contributed by atoms with van der Waals surface area (Å²) in [5.41, 5.74) is 0. The van der Waals surface area contributed by atoms with Gasteiger partial charge in [-0.3, -0.25) is 4.90 Å². The van der Waals surface area contributed by atoms with Crippen molar-refractivity contribution >= 4 is 16.0 Å². The van der Waals surface area contributed by atoms with E-state index in [9.17, 15) is 13.2 Å². The average Bonchev–Trinajstić information content (AvgIpc) is 3.05. The van der Waals surface area contributed by atoms with Crippen molar-refractivity contribution in [1.82, 2.24) is 9.62 Å². The summed E-state index contributed by atoms with van der Waals surface area (Å²) in [6.07, 6.45) is 2.01. The first-order valence-electron chi connectivity index (χ1n) is 6.51. The minimum atomic E-state index is -3.80. The first-order valence-corrected chi connectivity index (χ1v) is 7.99. The van der Waals surface area contributed by atoms with Gasteiger partial charge in [0.15, 0.2) is 0 Å². The largest absolute Gasteiger partial charge is 0.475 e. The van der Waals surface area contributed by atoms with Crippen LogP contribution in [-0.4, -0.2) is 50.1 Å².